The molecule has 1 saturated heterocycles. The van der Waals surface area contributed by atoms with Crippen LogP contribution >= 0.6 is 11.5 Å². The molecule has 3 N–H and O–H groups in total. The van der Waals surface area contributed by atoms with Crippen LogP contribution in [-0.2, 0) is 4.74 Å². The van der Waals surface area contributed by atoms with Crippen molar-refractivity contribution in [3.05, 3.63) is 5.56 Å². The van der Waals surface area contributed by atoms with Crippen LogP contribution in [0.4, 0.5) is 15.6 Å². The van der Waals surface area contributed by atoms with Crippen molar-refractivity contribution in [3.8, 4) is 6.07 Å². The fourth-order valence-electron chi connectivity index (χ4n) is 1.90. The molecule has 0 spiro atoms. The van der Waals surface area contributed by atoms with Crippen LogP contribution in [0.1, 0.15) is 12.0 Å². The van der Waals surface area contributed by atoms with Gasteiger partial charge in [0, 0.05) is 13.1 Å². The van der Waals surface area contributed by atoms with E-state index in [2.05, 4.69) is 20.5 Å². The summed E-state index contributed by atoms with van der Waals surface area (Å²) in [7, 11) is 1.33. The molecule has 0 aliphatic carbocycles. The Hall–Kier alpha value is -2.01. The number of nitriles is 1. The van der Waals surface area contributed by atoms with Crippen molar-refractivity contribution in [3.63, 3.8) is 0 Å². The number of hydrogen-bond acceptors (Lipinski definition) is 7. The van der Waals surface area contributed by atoms with Crippen LogP contribution in [0.15, 0.2) is 0 Å². The zero-order valence-corrected chi connectivity index (χ0v) is 10.7. The minimum absolute atomic E-state index is 0.0207. The number of carbonyl (C=O) groups excluding carboxylic acids is 1. The van der Waals surface area contributed by atoms with Crippen molar-refractivity contribution in [1.29, 1.82) is 5.26 Å². The van der Waals surface area contributed by atoms with Gasteiger partial charge in [0.15, 0.2) is 5.82 Å². The third kappa shape index (κ3) is 2.31. The summed E-state index contributed by atoms with van der Waals surface area (Å²) < 4.78 is 8.53. The lowest BCUT2D eigenvalue weighted by molar-refractivity contribution is 0.167. The number of ether oxygens (including phenoxy) is 1. The van der Waals surface area contributed by atoms with Crippen molar-refractivity contribution in [2.45, 2.75) is 12.5 Å². The Bertz CT molecular complexity index is 495. The number of alkyl carbamates (subject to hydrolysis) is 1. The summed E-state index contributed by atoms with van der Waals surface area (Å²) in [6.07, 6.45) is 0.365. The van der Waals surface area contributed by atoms with Crippen LogP contribution in [0.5, 0.6) is 0 Å². The molecule has 1 aromatic rings. The summed E-state index contributed by atoms with van der Waals surface area (Å²) in [6.45, 7) is 1.39. The lowest BCUT2D eigenvalue weighted by Gasteiger charge is -2.16. The van der Waals surface area contributed by atoms with E-state index in [0.717, 1.165) is 18.0 Å². The molecule has 1 unspecified atom stereocenters. The van der Waals surface area contributed by atoms with Crippen LogP contribution in [0.2, 0.25) is 0 Å². The summed E-state index contributed by atoms with van der Waals surface area (Å²) in [5.41, 5.74) is 6.03. The van der Waals surface area contributed by atoms with Gasteiger partial charge in [0.05, 0.1) is 13.2 Å². The fraction of sp³-hybridized carbons (Fsp3) is 0.500. The van der Waals surface area contributed by atoms with Crippen LogP contribution in [0.25, 0.3) is 0 Å². The van der Waals surface area contributed by atoms with Crippen LogP contribution < -0.4 is 16.0 Å². The van der Waals surface area contributed by atoms with E-state index in [-0.39, 0.29) is 11.9 Å². The standard InChI is InChI=1S/C10H13N5O2S/c1-17-10(16)13-6-2-3-15(5-6)9-7(4-11)8(12)14-18-9/h6H,2-3,5H2,1H3,(H2,12,14)(H,13,16). The summed E-state index contributed by atoms with van der Waals surface area (Å²) >= 11 is 1.21. The van der Waals surface area contributed by atoms with Gasteiger partial charge >= 0.3 is 6.09 Å². The molecule has 2 heterocycles. The first-order valence-corrected chi connectivity index (χ1v) is 6.17. The second-order valence-electron chi connectivity index (χ2n) is 3.93. The highest BCUT2D eigenvalue weighted by Gasteiger charge is 2.28. The third-order valence-corrected chi connectivity index (χ3v) is 3.72. The first-order chi connectivity index (χ1) is 8.65. The molecule has 0 saturated carbocycles. The van der Waals surface area contributed by atoms with Gasteiger partial charge in [-0.2, -0.15) is 9.64 Å². The molecule has 2 rings (SSSR count). The van der Waals surface area contributed by atoms with Crippen LogP contribution in [-0.4, -0.2) is 36.7 Å². The van der Waals surface area contributed by atoms with E-state index in [1.165, 1.54) is 18.6 Å². The first-order valence-electron chi connectivity index (χ1n) is 5.40. The Morgan fingerprint density at radius 2 is 2.56 bits per heavy atom. The zero-order valence-electron chi connectivity index (χ0n) is 9.84. The number of nitrogens with one attached hydrogen (secondary N) is 1. The molecule has 1 fully saturated rings. The van der Waals surface area contributed by atoms with E-state index < -0.39 is 6.09 Å². The SMILES string of the molecule is COC(=O)NC1CCN(c2snc(N)c2C#N)C1. The number of nitrogens with zero attached hydrogens (tertiary/aromatic N) is 3. The molecule has 0 radical (unpaired) electrons. The molecule has 1 aromatic heterocycles. The molecule has 0 aromatic carbocycles. The minimum Gasteiger partial charge on any atom is -0.453 e. The van der Waals surface area contributed by atoms with Gasteiger partial charge in [-0.05, 0) is 18.0 Å². The number of carbonyl (C=O) groups is 1. The number of amides is 1. The summed E-state index contributed by atoms with van der Waals surface area (Å²) in [5.74, 6) is 0.266. The predicted molar refractivity (Wildman–Crippen MR) is 67.4 cm³/mol. The van der Waals surface area contributed by atoms with Gasteiger partial charge in [0.2, 0.25) is 0 Å². The minimum atomic E-state index is -0.439. The number of aromatic nitrogens is 1. The fourth-order valence-corrected chi connectivity index (χ4v) is 2.70. The Kier molecular flexibility index (Phi) is 3.53. The average Bonchev–Trinajstić information content (AvgIpc) is 2.95. The number of rotatable bonds is 2. The number of nitrogen functional groups attached to an aromatic ring is 1. The van der Waals surface area contributed by atoms with Gasteiger partial charge in [-0.15, -0.1) is 0 Å². The molecular formula is C10H13N5O2S. The molecule has 8 heteroatoms. The molecular weight excluding hydrogens is 254 g/mol. The number of hydrogen-bond donors (Lipinski definition) is 2. The zero-order chi connectivity index (χ0) is 13.1. The molecule has 1 amide bonds. The molecule has 0 bridgehead atoms. The highest BCUT2D eigenvalue weighted by molar-refractivity contribution is 7.10. The van der Waals surface area contributed by atoms with Gasteiger partial charge in [-0.25, -0.2) is 4.79 Å². The highest BCUT2D eigenvalue weighted by Crippen LogP contribution is 2.32. The van der Waals surface area contributed by atoms with Crippen molar-refractivity contribution >= 4 is 28.4 Å². The van der Waals surface area contributed by atoms with Crippen molar-refractivity contribution in [2.24, 2.45) is 0 Å². The van der Waals surface area contributed by atoms with Crippen LogP contribution in [0, 0.1) is 11.3 Å². The van der Waals surface area contributed by atoms with E-state index in [1.807, 2.05) is 4.90 Å². The largest absolute Gasteiger partial charge is 0.453 e. The maximum absolute atomic E-state index is 11.1. The quantitative estimate of drug-likeness (QED) is 0.810. The van der Waals surface area contributed by atoms with Gasteiger partial charge < -0.3 is 20.7 Å². The molecule has 1 aliphatic rings. The normalized spacial score (nSPS) is 18.4. The number of methoxy groups -OCH3 is 1. The van der Waals surface area contributed by atoms with E-state index in [9.17, 15) is 4.79 Å². The lowest BCUT2D eigenvalue weighted by Crippen LogP contribution is -2.36. The summed E-state index contributed by atoms with van der Waals surface area (Å²) in [4.78, 5) is 13.1. The van der Waals surface area contributed by atoms with E-state index in [1.54, 1.807) is 0 Å². The Labute approximate surface area is 108 Å². The van der Waals surface area contributed by atoms with Gasteiger partial charge in [0.25, 0.3) is 0 Å². The Morgan fingerprint density at radius 1 is 1.78 bits per heavy atom. The molecule has 7 nitrogen and oxygen atoms in total. The molecule has 18 heavy (non-hydrogen) atoms. The van der Waals surface area contributed by atoms with Crippen molar-refractivity contribution in [1.82, 2.24) is 9.69 Å². The molecule has 96 valence electrons. The first kappa shape index (κ1) is 12.4. The predicted octanol–water partition coefficient (Wildman–Crippen LogP) is 0.532. The number of nitrogens with two attached hydrogens (primary N) is 1. The van der Waals surface area contributed by atoms with Crippen molar-refractivity contribution in [2.75, 3.05) is 30.8 Å². The van der Waals surface area contributed by atoms with Crippen LogP contribution in [0.3, 0.4) is 0 Å². The topological polar surface area (TPSA) is 104 Å². The third-order valence-electron chi connectivity index (χ3n) is 2.80. The maximum atomic E-state index is 11.1. The van der Waals surface area contributed by atoms with Gasteiger partial charge in [0.1, 0.15) is 16.6 Å². The molecule has 1 aliphatic heterocycles. The van der Waals surface area contributed by atoms with Gasteiger partial charge in [-0.3, -0.25) is 0 Å². The van der Waals surface area contributed by atoms with E-state index in [0.29, 0.717) is 12.1 Å². The van der Waals surface area contributed by atoms with E-state index >= 15 is 0 Å². The molecule has 1 atom stereocenters. The maximum Gasteiger partial charge on any atom is 0.407 e. The summed E-state index contributed by atoms with van der Waals surface area (Å²) in [6, 6.07) is 2.08. The lowest BCUT2D eigenvalue weighted by atomic mass is 10.3. The Morgan fingerprint density at radius 3 is 3.22 bits per heavy atom. The Balaban J connectivity index is 2.05. The monoisotopic (exact) mass is 267 g/mol. The second-order valence-corrected chi connectivity index (χ2v) is 4.68. The average molecular weight is 267 g/mol. The number of anilines is 2. The summed E-state index contributed by atoms with van der Waals surface area (Å²) in [5, 5.41) is 12.5. The van der Waals surface area contributed by atoms with Gasteiger partial charge in [-0.1, -0.05) is 0 Å². The second kappa shape index (κ2) is 5.10. The van der Waals surface area contributed by atoms with Crippen molar-refractivity contribution < 1.29 is 9.53 Å². The van der Waals surface area contributed by atoms with E-state index in [4.69, 9.17) is 11.0 Å². The highest BCUT2D eigenvalue weighted by atomic mass is 32.1. The smallest absolute Gasteiger partial charge is 0.407 e.